The second kappa shape index (κ2) is 18.7. The number of rotatable bonds is 2. The maximum absolute atomic E-state index is 10.1. The van der Waals surface area contributed by atoms with Gasteiger partial charge < -0.3 is 21.3 Å². The minimum atomic E-state index is -3.65. The zero-order valence-electron chi connectivity index (χ0n) is 9.13. The van der Waals surface area contributed by atoms with E-state index in [4.69, 9.17) is 15.1 Å². The summed E-state index contributed by atoms with van der Waals surface area (Å²) in [5, 5.41) is 15.1. The van der Waals surface area contributed by atoms with Crippen LogP contribution in [0.1, 0.15) is 13.8 Å². The zero-order chi connectivity index (χ0) is 11.3. The van der Waals surface area contributed by atoms with Crippen LogP contribution in [0.4, 0.5) is 0 Å². The zero-order valence-corrected chi connectivity index (χ0v) is 10.0. The van der Waals surface area contributed by atoms with Crippen LogP contribution in [0.3, 0.4) is 0 Å². The topological polar surface area (TPSA) is 131 Å². The predicted molar refractivity (Wildman–Crippen MR) is 54.4 cm³/mol. The second-order valence-corrected chi connectivity index (χ2v) is 3.13. The third-order valence-electron chi connectivity index (χ3n) is 0.461. The molecule has 0 aromatic rings. The number of phosphoric acid groups is 1. The van der Waals surface area contributed by atoms with E-state index in [1.807, 2.05) is 0 Å². The quantitative estimate of drug-likeness (QED) is 0.513. The molecule has 92 valence electrons. The molecule has 0 heterocycles. The van der Waals surface area contributed by atoms with Crippen LogP contribution < -0.4 is 6.15 Å². The van der Waals surface area contributed by atoms with Crippen LogP contribution in [-0.4, -0.2) is 42.5 Å². The summed E-state index contributed by atoms with van der Waals surface area (Å²) < 4.78 is 18.0. The number of hydrogen-bond donors (Lipinski definition) is 4. The fourth-order valence-corrected chi connectivity index (χ4v) is 0.224. The molecule has 0 aromatic carbocycles. The van der Waals surface area contributed by atoms with Crippen molar-refractivity contribution < 1.29 is 28.7 Å². The summed E-state index contributed by atoms with van der Waals surface area (Å²) >= 11 is 0. The first-order chi connectivity index (χ1) is 5.95. The van der Waals surface area contributed by atoms with Gasteiger partial charge in [-0.2, -0.15) is 0 Å². The van der Waals surface area contributed by atoms with Crippen LogP contribution in [0.25, 0.3) is 0 Å². The number of aliphatic hydroxyl groups is 2. The third kappa shape index (κ3) is 40.4. The van der Waals surface area contributed by atoms with E-state index < -0.39 is 7.82 Å². The minimum absolute atomic E-state index is 0. The lowest BCUT2D eigenvalue weighted by molar-refractivity contribution is 0.204. The molecule has 0 aliphatic rings. The van der Waals surface area contributed by atoms with Crippen molar-refractivity contribution >= 4 is 7.82 Å². The highest BCUT2D eigenvalue weighted by molar-refractivity contribution is 7.47. The van der Waals surface area contributed by atoms with Gasteiger partial charge in [-0.1, -0.05) is 0 Å². The third-order valence-corrected chi connectivity index (χ3v) is 1.38. The fraction of sp³-hybridized carbons (Fsp3) is 1.00. The summed E-state index contributed by atoms with van der Waals surface area (Å²) in [6.45, 7) is 3.86. The average Bonchev–Trinajstić information content (AvgIpc) is 2.08. The number of aliphatic hydroxyl groups excluding tert-OH is 2. The first-order valence-electron chi connectivity index (χ1n) is 3.61. The molecule has 0 amide bonds. The molecule has 8 heteroatoms. The maximum Gasteiger partial charge on any atom is 0.471 e. The van der Waals surface area contributed by atoms with E-state index in [0.717, 1.165) is 14.2 Å². The van der Waals surface area contributed by atoms with Crippen molar-refractivity contribution in [1.29, 1.82) is 0 Å². The lowest BCUT2D eigenvalue weighted by Crippen LogP contribution is -1.83. The summed E-state index contributed by atoms with van der Waals surface area (Å²) in [4.78, 5) is 8.24. The Morgan fingerprint density at radius 3 is 1.21 bits per heavy atom. The highest BCUT2D eigenvalue weighted by Crippen LogP contribution is 2.40. The van der Waals surface area contributed by atoms with Crippen LogP contribution >= 0.6 is 7.82 Å². The molecule has 0 fully saturated rings. The van der Waals surface area contributed by atoms with Gasteiger partial charge in [0.15, 0.2) is 0 Å². The molecule has 0 aromatic heterocycles. The van der Waals surface area contributed by atoms with Gasteiger partial charge in [0.05, 0.1) is 0 Å². The molecular weight excluding hydrogens is 213 g/mol. The Bertz CT molecular complexity index is 113. The Balaban J connectivity index is -0.0000000610. The normalized spacial score (nSPS) is 8.50. The Morgan fingerprint density at radius 1 is 1.07 bits per heavy atom. The maximum atomic E-state index is 10.1. The van der Waals surface area contributed by atoms with E-state index in [9.17, 15) is 4.57 Å². The predicted octanol–water partition coefficient (Wildman–Crippen LogP) is 0.539. The van der Waals surface area contributed by atoms with E-state index in [0.29, 0.717) is 0 Å². The average molecular weight is 235 g/mol. The molecule has 0 aliphatic heterocycles. The molecule has 0 radical (unpaired) electrons. The van der Waals surface area contributed by atoms with Gasteiger partial charge in [0, 0.05) is 27.4 Å². The van der Waals surface area contributed by atoms with Crippen molar-refractivity contribution in [2.45, 2.75) is 13.8 Å². The summed E-state index contributed by atoms with van der Waals surface area (Å²) in [6, 6.07) is 0. The Morgan fingerprint density at radius 2 is 1.21 bits per heavy atom. The molecule has 0 aliphatic carbocycles. The summed E-state index contributed by atoms with van der Waals surface area (Å²) in [5.74, 6) is 0. The highest BCUT2D eigenvalue weighted by Gasteiger charge is 2.13. The van der Waals surface area contributed by atoms with Crippen molar-refractivity contribution in [3.05, 3.63) is 0 Å². The molecule has 0 unspecified atom stereocenters. The van der Waals surface area contributed by atoms with Crippen molar-refractivity contribution in [2.24, 2.45) is 0 Å². The Labute approximate surface area is 84.9 Å². The standard InChI is InChI=1S/C2H7O4P.2C2H6O.H3N/c1-5-7(3,4)6-2;2*1-2-3;/h1-2H3,(H,3,4);2*3H,2H2,1H3;1H3. The van der Waals surface area contributed by atoms with Gasteiger partial charge >= 0.3 is 7.82 Å². The first-order valence-corrected chi connectivity index (χ1v) is 5.11. The molecule has 0 saturated heterocycles. The minimum Gasteiger partial charge on any atom is -0.397 e. The van der Waals surface area contributed by atoms with E-state index in [1.54, 1.807) is 13.8 Å². The van der Waals surface area contributed by atoms with Crippen LogP contribution in [0.15, 0.2) is 0 Å². The molecule has 0 atom stereocenters. The monoisotopic (exact) mass is 235 g/mol. The van der Waals surface area contributed by atoms with E-state index in [2.05, 4.69) is 9.05 Å². The summed E-state index contributed by atoms with van der Waals surface area (Å²) in [6.07, 6.45) is 0. The number of phosphoric ester groups is 1. The lowest BCUT2D eigenvalue weighted by Gasteiger charge is -2.01. The largest absolute Gasteiger partial charge is 0.471 e. The molecular formula is C6H22NO6P. The molecule has 0 bridgehead atoms. The van der Waals surface area contributed by atoms with Crippen LogP contribution in [-0.2, 0) is 13.6 Å². The van der Waals surface area contributed by atoms with Gasteiger partial charge in [-0.15, -0.1) is 0 Å². The van der Waals surface area contributed by atoms with Crippen molar-refractivity contribution in [3.63, 3.8) is 0 Å². The van der Waals surface area contributed by atoms with Gasteiger partial charge in [0.2, 0.25) is 0 Å². The summed E-state index contributed by atoms with van der Waals surface area (Å²) in [7, 11) is -1.45. The van der Waals surface area contributed by atoms with Crippen molar-refractivity contribution in [3.8, 4) is 0 Å². The van der Waals surface area contributed by atoms with Gasteiger partial charge in [-0.05, 0) is 13.8 Å². The second-order valence-electron chi connectivity index (χ2n) is 1.47. The van der Waals surface area contributed by atoms with Crippen molar-refractivity contribution in [2.75, 3.05) is 27.4 Å². The Kier molecular flexibility index (Phi) is 31.6. The van der Waals surface area contributed by atoms with Crippen LogP contribution in [0.5, 0.6) is 0 Å². The first kappa shape index (κ1) is 23.7. The molecule has 0 rings (SSSR count). The molecule has 7 nitrogen and oxygen atoms in total. The van der Waals surface area contributed by atoms with Crippen LogP contribution in [0, 0.1) is 0 Å². The molecule has 14 heavy (non-hydrogen) atoms. The van der Waals surface area contributed by atoms with Gasteiger partial charge in [0.1, 0.15) is 0 Å². The van der Waals surface area contributed by atoms with Gasteiger partial charge in [-0.3, -0.25) is 9.05 Å². The highest BCUT2D eigenvalue weighted by atomic mass is 31.2. The smallest absolute Gasteiger partial charge is 0.397 e. The van der Waals surface area contributed by atoms with Gasteiger partial charge in [-0.25, -0.2) is 4.57 Å². The van der Waals surface area contributed by atoms with Crippen molar-refractivity contribution in [1.82, 2.24) is 6.15 Å². The van der Waals surface area contributed by atoms with E-state index >= 15 is 0 Å². The lowest BCUT2D eigenvalue weighted by atomic mass is 10.9. The summed E-state index contributed by atoms with van der Waals surface area (Å²) in [5.41, 5.74) is 0. The van der Waals surface area contributed by atoms with Crippen LogP contribution in [0.2, 0.25) is 0 Å². The van der Waals surface area contributed by atoms with E-state index in [1.165, 1.54) is 0 Å². The van der Waals surface area contributed by atoms with Gasteiger partial charge in [0.25, 0.3) is 0 Å². The molecule has 0 spiro atoms. The molecule has 6 N–H and O–H groups in total. The SMILES string of the molecule is CCO.CCO.COP(=O)(O)OC.N. The molecule has 0 saturated carbocycles. The van der Waals surface area contributed by atoms with E-state index in [-0.39, 0.29) is 19.4 Å². The number of hydrogen-bond acceptors (Lipinski definition) is 6. The fourth-order valence-electron chi connectivity index (χ4n) is 0.0745. The Hall–Kier alpha value is -0.0100.